The van der Waals surface area contributed by atoms with Gasteiger partial charge in [0.2, 0.25) is 10.0 Å². The molecule has 1 atom stereocenters. The number of nitrogens with one attached hydrogen (secondary N) is 1. The Kier molecular flexibility index (Phi) is 5.00. The van der Waals surface area contributed by atoms with Crippen LogP contribution in [-0.4, -0.2) is 33.4 Å². The molecule has 25 heavy (non-hydrogen) atoms. The lowest BCUT2D eigenvalue weighted by atomic mass is 9.95. The van der Waals surface area contributed by atoms with Crippen LogP contribution in [0.2, 0.25) is 0 Å². The monoisotopic (exact) mass is 358 g/mol. The summed E-state index contributed by atoms with van der Waals surface area (Å²) in [5, 5.41) is 3.62. The summed E-state index contributed by atoms with van der Waals surface area (Å²) in [7, 11) is -0.273. The zero-order valence-corrected chi connectivity index (χ0v) is 15.9. The Morgan fingerprint density at radius 2 is 1.64 bits per heavy atom. The minimum Gasteiger partial charge on any atom is -0.309 e. The minimum absolute atomic E-state index is 0.178. The van der Waals surface area contributed by atoms with Crippen LogP contribution < -0.4 is 5.32 Å². The Balaban J connectivity index is 1.65. The van der Waals surface area contributed by atoms with E-state index in [4.69, 9.17) is 0 Å². The third kappa shape index (κ3) is 3.78. The Morgan fingerprint density at radius 3 is 2.16 bits per heavy atom. The van der Waals surface area contributed by atoms with Gasteiger partial charge in [0, 0.05) is 32.1 Å². The van der Waals surface area contributed by atoms with Crippen LogP contribution in [0.1, 0.15) is 36.9 Å². The van der Waals surface area contributed by atoms with Gasteiger partial charge in [0.1, 0.15) is 0 Å². The molecule has 1 aliphatic carbocycles. The largest absolute Gasteiger partial charge is 0.309 e. The molecule has 1 saturated carbocycles. The average Bonchev–Trinajstić information content (AvgIpc) is 3.41. The first-order chi connectivity index (χ1) is 11.8. The predicted molar refractivity (Wildman–Crippen MR) is 101 cm³/mol. The van der Waals surface area contributed by atoms with E-state index in [1.807, 2.05) is 12.1 Å². The molecule has 0 radical (unpaired) electrons. The van der Waals surface area contributed by atoms with Gasteiger partial charge in [0.15, 0.2) is 0 Å². The Hall–Kier alpha value is -1.69. The van der Waals surface area contributed by atoms with E-state index in [2.05, 4.69) is 42.6 Å². The molecule has 0 aromatic heterocycles. The van der Waals surface area contributed by atoms with Gasteiger partial charge in [-0.1, -0.05) is 42.5 Å². The molecule has 0 spiro atoms. The standard InChI is InChI=1S/C20H26N2O2S/c1-16(17-9-11-19(12-10-17)25(23,24)22(2)3)21-15-20(13-14-20)18-7-5-4-6-8-18/h4-12,16,21H,13-15H2,1-3H3. The smallest absolute Gasteiger partial charge is 0.242 e. The van der Waals surface area contributed by atoms with Crippen molar-refractivity contribution in [2.24, 2.45) is 0 Å². The Bertz CT molecular complexity index is 811. The highest BCUT2D eigenvalue weighted by atomic mass is 32.2. The van der Waals surface area contributed by atoms with Gasteiger partial charge in [-0.2, -0.15) is 0 Å². The van der Waals surface area contributed by atoms with Gasteiger partial charge in [0.05, 0.1) is 4.90 Å². The topological polar surface area (TPSA) is 49.4 Å². The van der Waals surface area contributed by atoms with Crippen molar-refractivity contribution in [3.63, 3.8) is 0 Å². The maximum Gasteiger partial charge on any atom is 0.242 e. The second-order valence-electron chi connectivity index (χ2n) is 7.11. The van der Waals surface area contributed by atoms with Crippen LogP contribution in [0.5, 0.6) is 0 Å². The molecule has 0 bridgehead atoms. The molecule has 1 aliphatic rings. The van der Waals surface area contributed by atoms with Crippen molar-refractivity contribution < 1.29 is 8.42 Å². The predicted octanol–water partition coefficient (Wildman–Crippen LogP) is 3.32. The SMILES string of the molecule is CC(NCC1(c2ccccc2)CC1)c1ccc(S(=O)(=O)N(C)C)cc1. The van der Waals surface area contributed by atoms with Gasteiger partial charge >= 0.3 is 0 Å². The van der Waals surface area contributed by atoms with Crippen molar-refractivity contribution in [1.29, 1.82) is 0 Å². The Labute approximate surface area is 150 Å². The molecule has 2 aromatic carbocycles. The molecule has 0 aliphatic heterocycles. The van der Waals surface area contributed by atoms with E-state index in [0.717, 1.165) is 12.1 Å². The first kappa shape index (κ1) is 18.1. The maximum absolute atomic E-state index is 12.1. The molecule has 1 N–H and O–H groups in total. The summed E-state index contributed by atoms with van der Waals surface area (Å²) in [4.78, 5) is 0.330. The number of nitrogens with zero attached hydrogens (tertiary/aromatic N) is 1. The van der Waals surface area contributed by atoms with Gasteiger partial charge in [-0.05, 0) is 43.0 Å². The number of rotatable bonds is 7. The van der Waals surface area contributed by atoms with Crippen molar-refractivity contribution in [1.82, 2.24) is 9.62 Å². The van der Waals surface area contributed by atoms with Gasteiger partial charge in [-0.3, -0.25) is 0 Å². The first-order valence-electron chi connectivity index (χ1n) is 8.67. The normalized spacial score (nSPS) is 17.4. The number of sulfonamides is 1. The Morgan fingerprint density at radius 1 is 1.04 bits per heavy atom. The van der Waals surface area contributed by atoms with Gasteiger partial charge in [0.25, 0.3) is 0 Å². The van der Waals surface area contributed by atoms with Gasteiger partial charge < -0.3 is 5.32 Å². The highest BCUT2D eigenvalue weighted by molar-refractivity contribution is 7.89. The first-order valence-corrected chi connectivity index (χ1v) is 10.1. The molecule has 5 heteroatoms. The molecule has 3 rings (SSSR count). The van der Waals surface area contributed by atoms with Crippen molar-refractivity contribution in [2.45, 2.75) is 36.1 Å². The van der Waals surface area contributed by atoms with E-state index in [0.29, 0.717) is 4.90 Å². The molecule has 0 saturated heterocycles. The number of hydrogen-bond acceptors (Lipinski definition) is 3. The fraction of sp³-hybridized carbons (Fsp3) is 0.400. The van der Waals surface area contributed by atoms with E-state index >= 15 is 0 Å². The van der Waals surface area contributed by atoms with Crippen LogP contribution in [0.4, 0.5) is 0 Å². The second kappa shape index (κ2) is 6.90. The van der Waals surface area contributed by atoms with Gasteiger partial charge in [-0.15, -0.1) is 0 Å². The molecule has 1 unspecified atom stereocenters. The summed E-state index contributed by atoms with van der Waals surface area (Å²) >= 11 is 0. The summed E-state index contributed by atoms with van der Waals surface area (Å²) in [5.74, 6) is 0. The molecule has 2 aromatic rings. The molecular weight excluding hydrogens is 332 g/mol. The van der Waals surface area contributed by atoms with Crippen LogP contribution in [0.15, 0.2) is 59.5 Å². The molecule has 0 amide bonds. The van der Waals surface area contributed by atoms with Crippen molar-refractivity contribution in [3.05, 3.63) is 65.7 Å². The average molecular weight is 359 g/mol. The fourth-order valence-electron chi connectivity index (χ4n) is 3.12. The summed E-state index contributed by atoms with van der Waals surface area (Å²) < 4.78 is 25.5. The van der Waals surface area contributed by atoms with Gasteiger partial charge in [-0.25, -0.2) is 12.7 Å². The summed E-state index contributed by atoms with van der Waals surface area (Å²) in [6.07, 6.45) is 2.44. The highest BCUT2D eigenvalue weighted by Crippen LogP contribution is 2.47. The molecule has 1 fully saturated rings. The number of hydrogen-bond donors (Lipinski definition) is 1. The van der Waals surface area contributed by atoms with E-state index in [9.17, 15) is 8.42 Å². The highest BCUT2D eigenvalue weighted by Gasteiger charge is 2.43. The number of benzene rings is 2. The van der Waals surface area contributed by atoms with Crippen LogP contribution in [0.3, 0.4) is 0 Å². The van der Waals surface area contributed by atoms with Crippen molar-refractivity contribution in [2.75, 3.05) is 20.6 Å². The third-order valence-corrected chi connectivity index (χ3v) is 6.97. The van der Waals surface area contributed by atoms with Crippen molar-refractivity contribution in [3.8, 4) is 0 Å². The lowest BCUT2D eigenvalue weighted by molar-refractivity contribution is 0.509. The fourth-order valence-corrected chi connectivity index (χ4v) is 4.02. The third-order valence-electron chi connectivity index (χ3n) is 5.15. The zero-order chi connectivity index (χ0) is 18.1. The lowest BCUT2D eigenvalue weighted by Crippen LogP contribution is -2.29. The quantitative estimate of drug-likeness (QED) is 0.826. The summed E-state index contributed by atoms with van der Waals surface area (Å²) in [5.41, 5.74) is 2.77. The van der Waals surface area contributed by atoms with Crippen LogP contribution in [-0.2, 0) is 15.4 Å². The van der Waals surface area contributed by atoms with E-state index in [-0.39, 0.29) is 11.5 Å². The summed E-state index contributed by atoms with van der Waals surface area (Å²) in [6.45, 7) is 3.06. The summed E-state index contributed by atoms with van der Waals surface area (Å²) in [6, 6.07) is 18.0. The van der Waals surface area contributed by atoms with Crippen LogP contribution in [0, 0.1) is 0 Å². The van der Waals surface area contributed by atoms with E-state index < -0.39 is 10.0 Å². The van der Waals surface area contributed by atoms with Crippen LogP contribution in [0.25, 0.3) is 0 Å². The molecule has 4 nitrogen and oxygen atoms in total. The van der Waals surface area contributed by atoms with E-state index in [1.165, 1.54) is 22.7 Å². The molecule has 134 valence electrons. The zero-order valence-electron chi connectivity index (χ0n) is 15.1. The second-order valence-corrected chi connectivity index (χ2v) is 9.26. The minimum atomic E-state index is -3.37. The van der Waals surface area contributed by atoms with E-state index in [1.54, 1.807) is 26.2 Å². The van der Waals surface area contributed by atoms with Crippen molar-refractivity contribution >= 4 is 10.0 Å². The molecular formula is C20H26N2O2S. The molecule has 0 heterocycles. The van der Waals surface area contributed by atoms with Crippen LogP contribution >= 0.6 is 0 Å². The maximum atomic E-state index is 12.1. The lowest BCUT2D eigenvalue weighted by Gasteiger charge is -2.21.